The number of carbonyl (C=O) groups is 1. The largest absolute Gasteiger partial charge is 0.471 e. The predicted molar refractivity (Wildman–Crippen MR) is 115 cm³/mol. The molecule has 1 aliphatic carbocycles. The molecule has 2 aromatic heterocycles. The topological polar surface area (TPSA) is 91.3 Å². The first-order valence-corrected chi connectivity index (χ1v) is 10.8. The van der Waals surface area contributed by atoms with E-state index in [0.717, 1.165) is 0 Å². The Bertz CT molecular complexity index is 1260. The molecule has 4 atom stereocenters. The molecule has 3 aromatic rings. The Morgan fingerprint density at radius 2 is 2.09 bits per heavy atom. The number of hydrogen-bond donors (Lipinski definition) is 0. The standard InChI is InChI=1S/C24H19FN4O5/c1-26-24(18-12-31-13-19(18)24)21-5-2-14(9-27-21)17-4-3-15(8-20(17)25)29-10-16(34-23(29)30)11-32-22-6-7-33-28-22/h2-9,16,18-19H,10-13H2/t16-,18-,19+,24?/m1/s1. The molecule has 0 spiro atoms. The molecule has 172 valence electrons. The van der Waals surface area contributed by atoms with Crippen molar-refractivity contribution in [3.63, 3.8) is 0 Å². The summed E-state index contributed by atoms with van der Waals surface area (Å²) in [6, 6.07) is 9.71. The van der Waals surface area contributed by atoms with Crippen molar-refractivity contribution in [3.05, 3.63) is 71.8 Å². The highest BCUT2D eigenvalue weighted by molar-refractivity contribution is 5.90. The average molecular weight is 462 g/mol. The van der Waals surface area contributed by atoms with Crippen molar-refractivity contribution in [2.75, 3.05) is 31.3 Å². The lowest BCUT2D eigenvalue weighted by Gasteiger charge is -2.15. The number of pyridine rings is 1. The number of carbonyl (C=O) groups excluding carboxylic acids is 1. The fraction of sp³-hybridized carbons (Fsp3) is 0.333. The van der Waals surface area contributed by atoms with Crippen LogP contribution in [0, 0.1) is 24.2 Å². The van der Waals surface area contributed by atoms with Crippen LogP contribution >= 0.6 is 0 Å². The number of amides is 1. The lowest BCUT2D eigenvalue weighted by atomic mass is 10.0. The molecule has 0 bridgehead atoms. The minimum Gasteiger partial charge on any atom is -0.471 e. The summed E-state index contributed by atoms with van der Waals surface area (Å²) >= 11 is 0. The van der Waals surface area contributed by atoms with Crippen molar-refractivity contribution < 1.29 is 27.9 Å². The summed E-state index contributed by atoms with van der Waals surface area (Å²) in [5.74, 6) is 0.179. The second kappa shape index (κ2) is 7.81. The van der Waals surface area contributed by atoms with E-state index in [9.17, 15) is 4.79 Å². The Morgan fingerprint density at radius 1 is 1.24 bits per heavy atom. The molecule has 2 saturated heterocycles. The van der Waals surface area contributed by atoms with Crippen molar-refractivity contribution >= 4 is 11.8 Å². The quantitative estimate of drug-likeness (QED) is 0.516. The molecular weight excluding hydrogens is 443 g/mol. The zero-order valence-electron chi connectivity index (χ0n) is 17.9. The van der Waals surface area contributed by atoms with Crippen LogP contribution < -0.4 is 9.64 Å². The van der Waals surface area contributed by atoms with Gasteiger partial charge >= 0.3 is 6.09 Å². The number of cyclic esters (lactones) is 1. The van der Waals surface area contributed by atoms with Crippen LogP contribution in [0.4, 0.5) is 14.9 Å². The van der Waals surface area contributed by atoms with E-state index in [1.54, 1.807) is 36.5 Å². The molecule has 0 radical (unpaired) electrons. The van der Waals surface area contributed by atoms with E-state index >= 15 is 4.39 Å². The first kappa shape index (κ1) is 20.6. The van der Waals surface area contributed by atoms with Gasteiger partial charge in [0, 0.05) is 23.4 Å². The summed E-state index contributed by atoms with van der Waals surface area (Å²) in [6.45, 7) is 9.15. The van der Waals surface area contributed by atoms with E-state index < -0.39 is 23.6 Å². The van der Waals surface area contributed by atoms with Gasteiger partial charge in [-0.05, 0) is 29.4 Å². The molecule has 1 amide bonds. The SMILES string of the molecule is [C-]#[N+]C1(c2ccc(-c3ccc(N4C[C@H](COc5ccon5)OC4=O)cc3F)cn2)[C@@H]2COC[C@@H]21. The van der Waals surface area contributed by atoms with Crippen molar-refractivity contribution in [2.24, 2.45) is 11.8 Å². The van der Waals surface area contributed by atoms with Crippen molar-refractivity contribution in [3.8, 4) is 17.0 Å². The average Bonchev–Trinajstić information content (AvgIpc) is 3.38. The Balaban J connectivity index is 1.16. The Hall–Kier alpha value is -3.97. The van der Waals surface area contributed by atoms with E-state index in [1.165, 1.54) is 17.2 Å². The Labute approximate surface area is 193 Å². The normalized spacial score (nSPS) is 27.2. The number of anilines is 1. The highest BCUT2D eigenvalue weighted by Crippen LogP contribution is 2.63. The minimum absolute atomic E-state index is 0.104. The van der Waals surface area contributed by atoms with E-state index in [2.05, 4.69) is 15.0 Å². The summed E-state index contributed by atoms with van der Waals surface area (Å²) in [5, 5.41) is 3.64. The molecular formula is C24H19FN4O5. The van der Waals surface area contributed by atoms with Gasteiger partial charge in [-0.15, -0.1) is 0 Å². The fourth-order valence-corrected chi connectivity index (χ4v) is 4.90. The molecule has 10 heteroatoms. The maximum absolute atomic E-state index is 15.0. The number of benzene rings is 1. The highest BCUT2D eigenvalue weighted by atomic mass is 19.1. The molecule has 1 unspecified atom stereocenters. The minimum atomic E-state index is -0.608. The lowest BCUT2D eigenvalue weighted by molar-refractivity contribution is 0.102. The predicted octanol–water partition coefficient (Wildman–Crippen LogP) is 3.67. The maximum Gasteiger partial charge on any atom is 0.414 e. The first-order valence-electron chi connectivity index (χ1n) is 10.8. The molecule has 1 saturated carbocycles. The van der Waals surface area contributed by atoms with Crippen molar-refractivity contribution in [1.82, 2.24) is 10.1 Å². The Kier molecular flexibility index (Phi) is 4.74. The van der Waals surface area contributed by atoms with Crippen molar-refractivity contribution in [2.45, 2.75) is 11.6 Å². The van der Waals surface area contributed by atoms with Gasteiger partial charge in [0.1, 0.15) is 24.4 Å². The van der Waals surface area contributed by atoms with E-state index in [0.29, 0.717) is 41.6 Å². The second-order valence-corrected chi connectivity index (χ2v) is 8.55. The third-order valence-electron chi connectivity index (χ3n) is 6.74. The van der Waals surface area contributed by atoms with Crippen LogP contribution in [0.5, 0.6) is 5.88 Å². The zero-order valence-corrected chi connectivity index (χ0v) is 17.9. The molecule has 3 aliphatic rings. The van der Waals surface area contributed by atoms with E-state index in [-0.39, 0.29) is 25.0 Å². The van der Waals surface area contributed by atoms with Gasteiger partial charge in [-0.1, -0.05) is 6.07 Å². The summed E-state index contributed by atoms with van der Waals surface area (Å²) in [7, 11) is 0. The molecule has 1 aromatic carbocycles. The summed E-state index contributed by atoms with van der Waals surface area (Å²) in [6.07, 6.45) is 1.88. The first-order chi connectivity index (χ1) is 16.6. The van der Waals surface area contributed by atoms with Crippen LogP contribution in [0.15, 0.2) is 53.4 Å². The number of ether oxygens (including phenoxy) is 3. The van der Waals surface area contributed by atoms with Gasteiger partial charge in [0.05, 0.1) is 37.3 Å². The molecule has 9 nitrogen and oxygen atoms in total. The van der Waals surface area contributed by atoms with Crippen molar-refractivity contribution in [1.29, 1.82) is 0 Å². The Morgan fingerprint density at radius 3 is 2.76 bits per heavy atom. The van der Waals surface area contributed by atoms with E-state index in [1.807, 2.05) is 0 Å². The molecule has 4 heterocycles. The lowest BCUT2D eigenvalue weighted by Crippen LogP contribution is -2.26. The third-order valence-corrected chi connectivity index (χ3v) is 6.74. The monoisotopic (exact) mass is 462 g/mol. The summed E-state index contributed by atoms with van der Waals surface area (Å²) in [4.78, 5) is 22.0. The van der Waals surface area contributed by atoms with Crippen LogP contribution in [0.3, 0.4) is 0 Å². The number of aromatic nitrogens is 2. The van der Waals surface area contributed by atoms with Crippen LogP contribution in [0.1, 0.15) is 5.69 Å². The molecule has 0 N–H and O–H groups in total. The third kappa shape index (κ3) is 3.20. The van der Waals surface area contributed by atoms with Gasteiger partial charge in [-0.25, -0.2) is 15.8 Å². The molecule has 34 heavy (non-hydrogen) atoms. The number of fused-ring (bicyclic) bond motifs is 1. The smallest absolute Gasteiger partial charge is 0.414 e. The second-order valence-electron chi connectivity index (χ2n) is 8.55. The maximum atomic E-state index is 15.0. The fourth-order valence-electron chi connectivity index (χ4n) is 4.90. The van der Waals surface area contributed by atoms with Gasteiger partial charge in [0.2, 0.25) is 0 Å². The van der Waals surface area contributed by atoms with Gasteiger partial charge in [0.25, 0.3) is 11.4 Å². The number of nitrogens with zero attached hydrogens (tertiary/aromatic N) is 4. The van der Waals surface area contributed by atoms with Gasteiger partial charge in [-0.2, -0.15) is 0 Å². The molecule has 6 rings (SSSR count). The van der Waals surface area contributed by atoms with Crippen LogP contribution in [-0.2, 0) is 15.0 Å². The highest BCUT2D eigenvalue weighted by Gasteiger charge is 2.77. The van der Waals surface area contributed by atoms with Crippen LogP contribution in [0.25, 0.3) is 16.0 Å². The van der Waals surface area contributed by atoms with Crippen LogP contribution in [-0.4, -0.2) is 48.7 Å². The van der Waals surface area contributed by atoms with E-state index in [4.69, 9.17) is 25.3 Å². The van der Waals surface area contributed by atoms with Gasteiger partial charge in [0.15, 0.2) is 6.10 Å². The molecule has 3 fully saturated rings. The summed E-state index contributed by atoms with van der Waals surface area (Å²) < 4.78 is 35.9. The van der Waals surface area contributed by atoms with Crippen LogP contribution in [0.2, 0.25) is 0 Å². The molecule has 2 aliphatic heterocycles. The number of hydrogen-bond acceptors (Lipinski definition) is 7. The van der Waals surface area contributed by atoms with Gasteiger partial charge in [-0.3, -0.25) is 9.88 Å². The van der Waals surface area contributed by atoms with Gasteiger partial charge < -0.3 is 23.6 Å². The summed E-state index contributed by atoms with van der Waals surface area (Å²) in [5.41, 5.74) is 1.44. The number of rotatable bonds is 6. The number of halogens is 1. The zero-order chi connectivity index (χ0) is 23.3.